The highest BCUT2D eigenvalue weighted by atomic mass is 19.1. The maximum Gasteiger partial charge on any atom is 0.165 e. The van der Waals surface area contributed by atoms with Gasteiger partial charge in [-0.2, -0.15) is 0 Å². The van der Waals surface area contributed by atoms with E-state index in [0.717, 1.165) is 0 Å². The highest BCUT2D eigenvalue weighted by molar-refractivity contribution is 5.38. The van der Waals surface area contributed by atoms with Gasteiger partial charge in [-0.15, -0.1) is 0 Å². The second kappa shape index (κ2) is 2.97. The Hall–Kier alpha value is -1.13. The topological polar surface area (TPSA) is 55.5 Å². The molecule has 0 saturated heterocycles. The Kier molecular flexibility index (Phi) is 1.94. The van der Waals surface area contributed by atoms with Crippen LogP contribution in [0.1, 0.15) is 11.7 Å². The van der Waals surface area contributed by atoms with Crippen molar-refractivity contribution in [2.75, 3.05) is 6.61 Å². The van der Waals surface area contributed by atoms with Crippen molar-refractivity contribution in [2.45, 2.75) is 12.1 Å². The van der Waals surface area contributed by atoms with E-state index in [0.29, 0.717) is 5.56 Å². The summed E-state index contributed by atoms with van der Waals surface area (Å²) in [6.07, 6.45) is -0.834. The molecule has 1 heterocycles. The predicted octanol–water partition coefficient (Wildman–Crippen LogP) is 0.579. The van der Waals surface area contributed by atoms with Gasteiger partial charge in [0, 0.05) is 5.56 Å². The summed E-state index contributed by atoms with van der Waals surface area (Å²) in [6, 6.07) is 3.96. The number of aliphatic hydroxyl groups excluding tert-OH is 1. The minimum atomic E-state index is -0.834. The zero-order chi connectivity index (χ0) is 9.42. The fraction of sp³-hybridized carbons (Fsp3) is 0.333. The minimum absolute atomic E-state index is 0.122. The van der Waals surface area contributed by atoms with Crippen molar-refractivity contribution in [3.63, 3.8) is 0 Å². The number of fused-ring (bicyclic) bond motifs is 1. The van der Waals surface area contributed by atoms with Gasteiger partial charge in [0.15, 0.2) is 11.6 Å². The molecule has 2 rings (SSSR count). The van der Waals surface area contributed by atoms with Crippen LogP contribution in [0.3, 0.4) is 0 Å². The van der Waals surface area contributed by atoms with Gasteiger partial charge in [0.2, 0.25) is 0 Å². The number of ether oxygens (including phenoxy) is 1. The molecule has 0 amide bonds. The van der Waals surface area contributed by atoms with Crippen molar-refractivity contribution in [2.24, 2.45) is 5.73 Å². The lowest BCUT2D eigenvalue weighted by Gasteiger charge is -2.27. The monoisotopic (exact) mass is 183 g/mol. The van der Waals surface area contributed by atoms with Crippen LogP contribution < -0.4 is 10.5 Å². The average molecular weight is 183 g/mol. The number of halogens is 1. The lowest BCUT2D eigenvalue weighted by molar-refractivity contribution is 0.0886. The lowest BCUT2D eigenvalue weighted by Crippen LogP contribution is -2.38. The first-order valence-corrected chi connectivity index (χ1v) is 4.05. The molecule has 0 radical (unpaired) electrons. The molecule has 0 unspecified atom stereocenters. The molecular formula is C9H10FNO2. The number of aliphatic hydroxyl groups is 1. The van der Waals surface area contributed by atoms with E-state index in [1.54, 1.807) is 6.07 Å². The Morgan fingerprint density at radius 3 is 3.08 bits per heavy atom. The molecule has 0 fully saturated rings. The summed E-state index contributed by atoms with van der Waals surface area (Å²) < 4.78 is 18.2. The van der Waals surface area contributed by atoms with Crippen LogP contribution in [-0.4, -0.2) is 17.8 Å². The van der Waals surface area contributed by atoms with Crippen LogP contribution in [-0.2, 0) is 0 Å². The van der Waals surface area contributed by atoms with Gasteiger partial charge in [-0.3, -0.25) is 0 Å². The molecule has 3 N–H and O–H groups in total. The van der Waals surface area contributed by atoms with Crippen LogP contribution in [0.15, 0.2) is 18.2 Å². The fourth-order valence-corrected chi connectivity index (χ4v) is 1.41. The van der Waals surface area contributed by atoms with Gasteiger partial charge in [0.25, 0.3) is 0 Å². The first-order chi connectivity index (χ1) is 6.20. The third kappa shape index (κ3) is 1.28. The van der Waals surface area contributed by atoms with Gasteiger partial charge in [0.05, 0.1) is 6.04 Å². The summed E-state index contributed by atoms with van der Waals surface area (Å²) in [5.74, 6) is -0.333. The summed E-state index contributed by atoms with van der Waals surface area (Å²) >= 11 is 0. The molecule has 0 aliphatic carbocycles. The molecule has 1 aliphatic heterocycles. The van der Waals surface area contributed by atoms with E-state index in [2.05, 4.69) is 0 Å². The average Bonchev–Trinajstić information content (AvgIpc) is 2.12. The molecule has 70 valence electrons. The van der Waals surface area contributed by atoms with Crippen molar-refractivity contribution < 1.29 is 14.2 Å². The largest absolute Gasteiger partial charge is 0.488 e. The maximum absolute atomic E-state index is 13.1. The molecule has 1 aromatic carbocycles. The zero-order valence-corrected chi connectivity index (χ0v) is 6.90. The molecule has 13 heavy (non-hydrogen) atoms. The summed E-state index contributed by atoms with van der Waals surface area (Å²) in [5.41, 5.74) is 5.98. The zero-order valence-electron chi connectivity index (χ0n) is 6.90. The molecule has 0 saturated carbocycles. The fourth-order valence-electron chi connectivity index (χ4n) is 1.41. The van der Waals surface area contributed by atoms with Crippen molar-refractivity contribution in [3.8, 4) is 5.75 Å². The van der Waals surface area contributed by atoms with E-state index in [1.807, 2.05) is 0 Å². The van der Waals surface area contributed by atoms with E-state index in [-0.39, 0.29) is 12.4 Å². The highest BCUT2D eigenvalue weighted by Crippen LogP contribution is 2.33. The van der Waals surface area contributed by atoms with Crippen LogP contribution in [0.4, 0.5) is 4.39 Å². The Balaban J connectivity index is 2.49. The van der Waals surface area contributed by atoms with Crippen LogP contribution in [0.25, 0.3) is 0 Å². The van der Waals surface area contributed by atoms with Crippen LogP contribution in [0, 0.1) is 5.82 Å². The molecule has 0 spiro atoms. The van der Waals surface area contributed by atoms with Crippen molar-refractivity contribution in [1.82, 2.24) is 0 Å². The number of hydrogen-bond donors (Lipinski definition) is 2. The van der Waals surface area contributed by atoms with Gasteiger partial charge in [-0.25, -0.2) is 4.39 Å². The van der Waals surface area contributed by atoms with Crippen molar-refractivity contribution >= 4 is 0 Å². The predicted molar refractivity (Wildman–Crippen MR) is 44.8 cm³/mol. The number of nitrogens with two attached hydrogens (primary N) is 1. The SMILES string of the molecule is N[C@H]1COc2c(F)cccc2[C@H]1O. The van der Waals surface area contributed by atoms with E-state index >= 15 is 0 Å². The third-order valence-electron chi connectivity index (χ3n) is 2.14. The Labute approximate surface area is 74.9 Å². The van der Waals surface area contributed by atoms with E-state index < -0.39 is 18.0 Å². The van der Waals surface area contributed by atoms with Crippen LogP contribution >= 0.6 is 0 Å². The normalized spacial score (nSPS) is 26.4. The van der Waals surface area contributed by atoms with Gasteiger partial charge in [-0.1, -0.05) is 12.1 Å². The van der Waals surface area contributed by atoms with Crippen LogP contribution in [0.2, 0.25) is 0 Å². The highest BCUT2D eigenvalue weighted by Gasteiger charge is 2.28. The number of para-hydroxylation sites is 1. The first kappa shape index (κ1) is 8.47. The molecule has 2 atom stereocenters. The standard InChI is InChI=1S/C9H10FNO2/c10-6-3-1-2-5-8(12)7(11)4-13-9(5)6/h1-3,7-8,12H,4,11H2/t7-,8+/m0/s1. The Morgan fingerprint density at radius 1 is 1.54 bits per heavy atom. The van der Waals surface area contributed by atoms with Gasteiger partial charge in [0.1, 0.15) is 12.7 Å². The molecule has 1 aromatic rings. The summed E-state index contributed by atoms with van der Waals surface area (Å²) in [6.45, 7) is 0.148. The summed E-state index contributed by atoms with van der Waals surface area (Å²) in [4.78, 5) is 0. The number of hydrogen-bond acceptors (Lipinski definition) is 3. The molecule has 1 aliphatic rings. The van der Waals surface area contributed by atoms with Crippen LogP contribution in [0.5, 0.6) is 5.75 Å². The Morgan fingerprint density at radius 2 is 2.31 bits per heavy atom. The lowest BCUT2D eigenvalue weighted by atomic mass is 10.00. The van der Waals surface area contributed by atoms with Gasteiger partial charge in [-0.05, 0) is 6.07 Å². The van der Waals surface area contributed by atoms with Crippen molar-refractivity contribution in [1.29, 1.82) is 0 Å². The quantitative estimate of drug-likeness (QED) is 0.618. The maximum atomic E-state index is 13.1. The second-order valence-electron chi connectivity index (χ2n) is 3.08. The molecule has 0 aromatic heterocycles. The molecule has 4 heteroatoms. The third-order valence-corrected chi connectivity index (χ3v) is 2.14. The molecule has 3 nitrogen and oxygen atoms in total. The molecular weight excluding hydrogens is 173 g/mol. The summed E-state index contributed by atoms with van der Waals surface area (Å²) in [7, 11) is 0. The van der Waals surface area contributed by atoms with Gasteiger partial charge >= 0.3 is 0 Å². The van der Waals surface area contributed by atoms with E-state index in [1.165, 1.54) is 12.1 Å². The number of rotatable bonds is 0. The Bertz CT molecular complexity index is 329. The van der Waals surface area contributed by atoms with E-state index in [9.17, 15) is 9.50 Å². The smallest absolute Gasteiger partial charge is 0.165 e. The van der Waals surface area contributed by atoms with Crippen molar-refractivity contribution in [3.05, 3.63) is 29.6 Å². The minimum Gasteiger partial charge on any atom is -0.488 e. The first-order valence-electron chi connectivity index (χ1n) is 4.05. The number of benzene rings is 1. The van der Waals surface area contributed by atoms with Gasteiger partial charge < -0.3 is 15.6 Å². The van der Waals surface area contributed by atoms with E-state index in [4.69, 9.17) is 10.5 Å². The summed E-state index contributed by atoms with van der Waals surface area (Å²) in [5, 5.41) is 9.58. The molecule has 0 bridgehead atoms. The second-order valence-corrected chi connectivity index (χ2v) is 3.08.